The molecule has 0 amide bonds. The van der Waals surface area contributed by atoms with E-state index in [0.29, 0.717) is 0 Å². The first kappa shape index (κ1) is 21.8. The van der Waals surface area contributed by atoms with Crippen LogP contribution in [0.2, 0.25) is 0 Å². The van der Waals surface area contributed by atoms with Crippen molar-refractivity contribution in [2.75, 3.05) is 0 Å². The zero-order chi connectivity index (χ0) is 18.0. The van der Waals surface area contributed by atoms with Gasteiger partial charge in [-0.3, -0.25) is 4.55 Å². The Morgan fingerprint density at radius 1 is 1.20 bits per heavy atom. The minimum absolute atomic E-state index is 0. The van der Waals surface area contributed by atoms with Crippen LogP contribution in [0.3, 0.4) is 0 Å². The van der Waals surface area contributed by atoms with Crippen LogP contribution >= 0.6 is 0 Å². The molecule has 8 heteroatoms. The molecule has 2 rings (SSSR count). The largest absolute Gasteiger partial charge is 1.00 e. The Morgan fingerprint density at radius 2 is 1.84 bits per heavy atom. The van der Waals surface area contributed by atoms with E-state index < -0.39 is 15.5 Å². The molecule has 0 spiro atoms. The molecule has 0 atom stereocenters. The molecule has 0 fully saturated rings. The van der Waals surface area contributed by atoms with Crippen LogP contribution in [0.1, 0.15) is 38.3 Å². The second kappa shape index (κ2) is 8.42. The van der Waals surface area contributed by atoms with E-state index in [1.807, 2.05) is 18.2 Å². The topological polar surface area (TPSA) is 102 Å². The van der Waals surface area contributed by atoms with Crippen molar-refractivity contribution in [1.82, 2.24) is 0 Å². The minimum atomic E-state index is -4.42. The zero-order valence-electron chi connectivity index (χ0n) is 14.7. The number of hydrogen-bond donors (Lipinski definition) is 1. The third-order valence-corrected chi connectivity index (χ3v) is 4.32. The van der Waals surface area contributed by atoms with Gasteiger partial charge in [-0.05, 0) is 40.7 Å². The summed E-state index contributed by atoms with van der Waals surface area (Å²) < 4.78 is 32.2. The van der Waals surface area contributed by atoms with Gasteiger partial charge in [-0.15, -0.1) is 0 Å². The molecule has 0 heterocycles. The third-order valence-electron chi connectivity index (χ3n) is 3.48. The Bertz CT molecular complexity index is 863. The fraction of sp³-hybridized carbons (Fsp3) is 0.294. The average Bonchev–Trinajstić information content (AvgIpc) is 2.95. The van der Waals surface area contributed by atoms with E-state index in [2.05, 4.69) is 10.2 Å². The summed E-state index contributed by atoms with van der Waals surface area (Å²) in [5.74, 6) is -0.337. The van der Waals surface area contributed by atoms with Crippen molar-refractivity contribution in [2.24, 2.45) is 10.2 Å². The predicted molar refractivity (Wildman–Crippen MR) is 92.3 cm³/mol. The fourth-order valence-corrected chi connectivity index (χ4v) is 2.73. The average molecular weight is 370 g/mol. The first-order chi connectivity index (χ1) is 11.1. The normalized spacial score (nSPS) is 15.0. The van der Waals surface area contributed by atoms with E-state index in [0.717, 1.165) is 18.1 Å². The molecule has 0 aliphatic heterocycles. The van der Waals surface area contributed by atoms with Crippen molar-refractivity contribution in [3.63, 3.8) is 0 Å². The van der Waals surface area contributed by atoms with Gasteiger partial charge in [0.15, 0.2) is 0 Å². The number of rotatable bonds is 4. The van der Waals surface area contributed by atoms with Crippen LogP contribution in [-0.4, -0.2) is 25.4 Å². The van der Waals surface area contributed by atoms with Gasteiger partial charge in [0, 0.05) is 0 Å². The second-order valence-electron chi connectivity index (χ2n) is 6.48. The number of nitrogens with zero attached hydrogens (tertiary/aromatic N) is 2. The van der Waals surface area contributed by atoms with E-state index in [9.17, 15) is 18.1 Å². The SMILES string of the molecule is CC(C)(C)c1cc(S(=O)(=O)O)cc(/C=N\N=C/C2=CC=CC2)c1[O-].[Na+]. The monoisotopic (exact) mass is 370 g/mol. The maximum atomic E-state index is 12.5. The maximum Gasteiger partial charge on any atom is 1.00 e. The van der Waals surface area contributed by atoms with Gasteiger partial charge in [0.25, 0.3) is 10.1 Å². The number of allylic oxidation sites excluding steroid dienone is 4. The number of benzene rings is 1. The summed E-state index contributed by atoms with van der Waals surface area (Å²) in [4.78, 5) is -0.333. The Hall–Kier alpha value is -1.25. The molecule has 0 unspecified atom stereocenters. The van der Waals surface area contributed by atoms with Crippen molar-refractivity contribution >= 4 is 22.5 Å². The summed E-state index contributed by atoms with van der Waals surface area (Å²) >= 11 is 0. The van der Waals surface area contributed by atoms with Crippen LogP contribution in [0, 0.1) is 0 Å². The molecule has 0 aromatic heterocycles. The first-order valence-electron chi connectivity index (χ1n) is 7.34. The summed E-state index contributed by atoms with van der Waals surface area (Å²) in [6.45, 7) is 5.36. The van der Waals surface area contributed by atoms with Crippen LogP contribution in [0.25, 0.3) is 0 Å². The van der Waals surface area contributed by atoms with Crippen LogP contribution in [-0.2, 0) is 15.5 Å². The molecule has 0 saturated carbocycles. The van der Waals surface area contributed by atoms with Gasteiger partial charge in [0.1, 0.15) is 0 Å². The smallest absolute Gasteiger partial charge is 0.872 e. The molecule has 25 heavy (non-hydrogen) atoms. The Labute approximate surface area is 170 Å². The van der Waals surface area contributed by atoms with Gasteiger partial charge in [-0.2, -0.15) is 18.6 Å². The van der Waals surface area contributed by atoms with Gasteiger partial charge in [-0.1, -0.05) is 44.7 Å². The molecule has 1 aliphatic carbocycles. The molecule has 1 aromatic carbocycles. The molecule has 0 saturated heterocycles. The van der Waals surface area contributed by atoms with Crippen molar-refractivity contribution in [3.8, 4) is 5.75 Å². The molecule has 1 aliphatic rings. The van der Waals surface area contributed by atoms with E-state index in [-0.39, 0.29) is 51.3 Å². The molecule has 128 valence electrons. The molecule has 6 nitrogen and oxygen atoms in total. The quantitative estimate of drug-likeness (QED) is 0.337. The summed E-state index contributed by atoms with van der Waals surface area (Å²) in [5.41, 5.74) is 0.747. The number of hydrogen-bond acceptors (Lipinski definition) is 5. The van der Waals surface area contributed by atoms with Crippen molar-refractivity contribution in [3.05, 3.63) is 47.1 Å². The van der Waals surface area contributed by atoms with E-state index in [4.69, 9.17) is 0 Å². The second-order valence-corrected chi connectivity index (χ2v) is 7.90. The summed E-state index contributed by atoms with van der Waals surface area (Å²) in [6, 6.07) is 2.30. The van der Waals surface area contributed by atoms with Crippen LogP contribution in [0.15, 0.2) is 51.0 Å². The zero-order valence-corrected chi connectivity index (χ0v) is 17.5. The molecular formula is C17H19N2NaO4S. The van der Waals surface area contributed by atoms with Gasteiger partial charge < -0.3 is 5.11 Å². The molecule has 1 N–H and O–H groups in total. The molecular weight excluding hydrogens is 351 g/mol. The fourth-order valence-electron chi connectivity index (χ4n) is 2.19. The Balaban J connectivity index is 0.00000312. The Morgan fingerprint density at radius 3 is 2.36 bits per heavy atom. The van der Waals surface area contributed by atoms with Crippen molar-refractivity contribution < 1.29 is 47.6 Å². The summed E-state index contributed by atoms with van der Waals surface area (Å²) in [7, 11) is -4.42. The first-order valence-corrected chi connectivity index (χ1v) is 8.78. The van der Waals surface area contributed by atoms with Gasteiger partial charge in [0.05, 0.1) is 17.3 Å². The standard InChI is InChI=1S/C17H20N2O4S.Na/c1-17(2,3)15-9-14(24(21,22)23)8-13(16(15)20)11-19-18-10-12-6-4-5-7-12;/h4-6,8-11,20H,7H2,1-3H3,(H,21,22,23);/q;+1/p-1/b18-10-,19-11-;. The van der Waals surface area contributed by atoms with E-state index >= 15 is 0 Å². The van der Waals surface area contributed by atoms with E-state index in [1.165, 1.54) is 12.3 Å². The minimum Gasteiger partial charge on any atom is -0.872 e. The van der Waals surface area contributed by atoms with Crippen molar-refractivity contribution in [2.45, 2.75) is 37.5 Å². The molecule has 0 bridgehead atoms. The van der Waals surface area contributed by atoms with Gasteiger partial charge in [-0.25, -0.2) is 0 Å². The van der Waals surface area contributed by atoms with Gasteiger partial charge >= 0.3 is 29.6 Å². The molecule has 1 aromatic rings. The van der Waals surface area contributed by atoms with Gasteiger partial charge in [0.2, 0.25) is 0 Å². The van der Waals surface area contributed by atoms with E-state index in [1.54, 1.807) is 27.0 Å². The maximum absolute atomic E-state index is 12.5. The molecule has 0 radical (unpaired) electrons. The Kier molecular flexibility index (Phi) is 7.34. The van der Waals surface area contributed by atoms with Crippen LogP contribution in [0.4, 0.5) is 0 Å². The summed E-state index contributed by atoms with van der Waals surface area (Å²) in [5, 5.41) is 20.2. The van der Waals surface area contributed by atoms with Crippen LogP contribution < -0.4 is 34.7 Å². The van der Waals surface area contributed by atoms with Crippen molar-refractivity contribution in [1.29, 1.82) is 0 Å². The summed E-state index contributed by atoms with van der Waals surface area (Å²) in [6.07, 6.45) is 9.33. The van der Waals surface area contributed by atoms with Crippen LogP contribution in [0.5, 0.6) is 5.75 Å². The third kappa shape index (κ3) is 5.90. The predicted octanol–water partition coefficient (Wildman–Crippen LogP) is -0.401.